The number of methoxy groups -OCH3 is 1. The zero-order valence-corrected chi connectivity index (χ0v) is 19.7. The molecule has 0 bridgehead atoms. The summed E-state index contributed by atoms with van der Waals surface area (Å²) in [7, 11) is 1.58. The number of nitrogens with zero attached hydrogens (tertiary/aromatic N) is 3. The Balaban J connectivity index is 1.46. The Morgan fingerprint density at radius 2 is 1.94 bits per heavy atom. The van der Waals surface area contributed by atoms with Crippen LogP contribution in [0.3, 0.4) is 0 Å². The van der Waals surface area contributed by atoms with E-state index in [0.29, 0.717) is 19.0 Å². The first-order valence-electron chi connectivity index (χ1n) is 11.7. The molecule has 0 saturated carbocycles. The van der Waals surface area contributed by atoms with Crippen molar-refractivity contribution >= 4 is 5.97 Å². The average molecular weight is 462 g/mol. The lowest BCUT2D eigenvalue weighted by Gasteiger charge is -2.34. The van der Waals surface area contributed by atoms with Gasteiger partial charge in [-0.3, -0.25) is 9.69 Å². The highest BCUT2D eigenvalue weighted by atomic mass is 16.5. The Kier molecular flexibility index (Phi) is 7.75. The Hall–Kier alpha value is -3.45. The van der Waals surface area contributed by atoms with Crippen molar-refractivity contribution in [1.82, 2.24) is 14.9 Å². The molecule has 2 aromatic carbocycles. The molecule has 1 fully saturated rings. The van der Waals surface area contributed by atoms with Crippen molar-refractivity contribution in [3.63, 3.8) is 0 Å². The molecule has 1 unspecified atom stereocenters. The van der Waals surface area contributed by atoms with Crippen LogP contribution in [0, 0.1) is 6.92 Å². The van der Waals surface area contributed by atoms with Gasteiger partial charge in [-0.2, -0.15) is 4.98 Å². The third-order valence-corrected chi connectivity index (χ3v) is 6.42. The van der Waals surface area contributed by atoms with Crippen molar-refractivity contribution in [3.8, 4) is 23.0 Å². The van der Waals surface area contributed by atoms with Gasteiger partial charge >= 0.3 is 12.0 Å². The van der Waals surface area contributed by atoms with Gasteiger partial charge in [-0.25, -0.2) is 4.98 Å². The average Bonchev–Trinajstić information content (AvgIpc) is 2.85. The summed E-state index contributed by atoms with van der Waals surface area (Å²) in [5.41, 5.74) is 5.40. The summed E-state index contributed by atoms with van der Waals surface area (Å²) in [4.78, 5) is 22.3. The van der Waals surface area contributed by atoms with Crippen LogP contribution in [-0.2, 0) is 17.9 Å². The van der Waals surface area contributed by atoms with Gasteiger partial charge in [0.15, 0.2) is 0 Å². The van der Waals surface area contributed by atoms with Crippen molar-refractivity contribution in [2.75, 3.05) is 13.7 Å². The van der Waals surface area contributed by atoms with Gasteiger partial charge in [-0.05, 0) is 48.6 Å². The molecule has 0 spiro atoms. The molecule has 1 aliphatic heterocycles. The minimum absolute atomic E-state index is 0.0201. The van der Waals surface area contributed by atoms with Gasteiger partial charge in [0.1, 0.15) is 6.61 Å². The number of benzene rings is 2. The van der Waals surface area contributed by atoms with Crippen LogP contribution in [0.4, 0.5) is 0 Å². The van der Waals surface area contributed by atoms with E-state index < -0.39 is 5.97 Å². The number of aliphatic carboxylic acids is 1. The maximum absolute atomic E-state index is 11.3. The molecule has 4 rings (SSSR count). The molecule has 7 heteroatoms. The van der Waals surface area contributed by atoms with E-state index in [0.717, 1.165) is 42.5 Å². The molecule has 1 atom stereocenters. The molecule has 0 radical (unpaired) electrons. The minimum atomic E-state index is -0.768. The van der Waals surface area contributed by atoms with Crippen molar-refractivity contribution in [2.24, 2.45) is 0 Å². The summed E-state index contributed by atoms with van der Waals surface area (Å²) in [6.45, 7) is 3.86. The summed E-state index contributed by atoms with van der Waals surface area (Å²) >= 11 is 0. The van der Waals surface area contributed by atoms with Crippen molar-refractivity contribution in [1.29, 1.82) is 0 Å². The predicted octanol–water partition coefficient (Wildman–Crippen LogP) is 4.87. The van der Waals surface area contributed by atoms with Crippen molar-refractivity contribution in [2.45, 2.75) is 51.8 Å². The predicted molar refractivity (Wildman–Crippen MR) is 130 cm³/mol. The second-order valence-electron chi connectivity index (χ2n) is 8.65. The number of carbonyl (C=O) groups is 1. The number of carboxylic acid groups (broad SMARTS) is 1. The number of hydrogen-bond acceptors (Lipinski definition) is 6. The quantitative estimate of drug-likeness (QED) is 0.487. The van der Waals surface area contributed by atoms with Crippen LogP contribution in [-0.4, -0.2) is 45.6 Å². The lowest BCUT2D eigenvalue weighted by Crippen LogP contribution is -2.40. The van der Waals surface area contributed by atoms with Gasteiger partial charge in [0.2, 0.25) is 5.88 Å². The molecule has 1 N–H and O–H groups in total. The summed E-state index contributed by atoms with van der Waals surface area (Å²) < 4.78 is 11.5. The highest BCUT2D eigenvalue weighted by Gasteiger charge is 2.26. The second-order valence-corrected chi connectivity index (χ2v) is 8.65. The Bertz CT molecular complexity index is 1120. The molecule has 3 aromatic rings. The van der Waals surface area contributed by atoms with Crippen molar-refractivity contribution < 1.29 is 19.4 Å². The molecule has 34 heavy (non-hydrogen) atoms. The first-order valence-corrected chi connectivity index (χ1v) is 11.7. The van der Waals surface area contributed by atoms with Gasteiger partial charge in [0.05, 0.1) is 13.5 Å². The maximum Gasteiger partial charge on any atom is 0.320 e. The first-order chi connectivity index (χ1) is 16.5. The van der Waals surface area contributed by atoms with Crippen LogP contribution < -0.4 is 9.47 Å². The standard InChI is InChI=1S/C27H31N3O4/c1-19-21(11-8-13-24(19)20-9-4-3-5-10-20)18-34-27-28-16-22(26(29-27)33-2)17-30-14-7-6-12-23(30)15-25(31)32/h3-5,8-11,13,16,23H,6-7,12,14-15,17-18H2,1-2H3,(H,31,32). The van der Waals surface area contributed by atoms with Gasteiger partial charge in [0.25, 0.3) is 0 Å². The summed E-state index contributed by atoms with van der Waals surface area (Å²) in [5.74, 6) is -0.310. The lowest BCUT2D eigenvalue weighted by atomic mass is 9.97. The smallest absolute Gasteiger partial charge is 0.320 e. The normalized spacial score (nSPS) is 16.2. The van der Waals surface area contributed by atoms with Crippen LogP contribution in [0.2, 0.25) is 0 Å². The molecule has 178 valence electrons. The minimum Gasteiger partial charge on any atom is -0.481 e. The van der Waals surface area contributed by atoms with E-state index in [1.807, 2.05) is 30.3 Å². The van der Waals surface area contributed by atoms with Crippen LogP contribution in [0.15, 0.2) is 54.7 Å². The Labute approximate surface area is 200 Å². The number of hydrogen-bond donors (Lipinski definition) is 1. The Morgan fingerprint density at radius 3 is 2.71 bits per heavy atom. The molecule has 1 saturated heterocycles. The van der Waals surface area contributed by atoms with E-state index >= 15 is 0 Å². The highest BCUT2D eigenvalue weighted by molar-refractivity contribution is 5.68. The SMILES string of the molecule is COc1nc(OCc2cccc(-c3ccccc3)c2C)ncc1CN1CCCCC1CC(=O)O. The number of rotatable bonds is 9. The molecule has 0 amide bonds. The van der Waals surface area contributed by atoms with E-state index in [9.17, 15) is 9.90 Å². The fourth-order valence-corrected chi connectivity index (χ4v) is 4.56. The number of piperidine rings is 1. The second kappa shape index (κ2) is 11.1. The number of likely N-dealkylation sites (tertiary alicyclic amines) is 1. The topological polar surface area (TPSA) is 84.8 Å². The van der Waals surface area contributed by atoms with Crippen LogP contribution in [0.5, 0.6) is 11.9 Å². The fourth-order valence-electron chi connectivity index (χ4n) is 4.56. The van der Waals surface area contributed by atoms with E-state index in [1.165, 1.54) is 11.1 Å². The molecule has 7 nitrogen and oxygen atoms in total. The molecule has 1 aliphatic rings. The summed E-state index contributed by atoms with van der Waals surface area (Å²) in [6.07, 6.45) is 4.87. The largest absolute Gasteiger partial charge is 0.481 e. The fraction of sp³-hybridized carbons (Fsp3) is 0.370. The monoisotopic (exact) mass is 461 g/mol. The summed E-state index contributed by atoms with van der Waals surface area (Å²) in [5, 5.41) is 9.25. The van der Waals surface area contributed by atoms with Gasteiger partial charge in [0, 0.05) is 24.3 Å². The third-order valence-electron chi connectivity index (χ3n) is 6.42. The number of aromatic nitrogens is 2. The Morgan fingerprint density at radius 1 is 1.12 bits per heavy atom. The zero-order chi connectivity index (χ0) is 23.9. The molecular formula is C27H31N3O4. The maximum atomic E-state index is 11.3. The van der Waals surface area contributed by atoms with Crippen molar-refractivity contribution in [3.05, 3.63) is 71.4 Å². The van der Waals surface area contributed by atoms with E-state index in [2.05, 4.69) is 40.0 Å². The van der Waals surface area contributed by atoms with Crippen LogP contribution in [0.25, 0.3) is 11.1 Å². The van der Waals surface area contributed by atoms with Gasteiger partial charge in [-0.15, -0.1) is 0 Å². The number of carboxylic acids is 1. The molecule has 2 heterocycles. The zero-order valence-electron chi connectivity index (χ0n) is 19.7. The molecule has 1 aromatic heterocycles. The lowest BCUT2D eigenvalue weighted by molar-refractivity contribution is -0.138. The summed E-state index contributed by atoms with van der Waals surface area (Å²) in [6, 6.07) is 16.8. The molecule has 0 aliphatic carbocycles. The van der Waals surface area contributed by atoms with E-state index in [4.69, 9.17) is 9.47 Å². The van der Waals surface area contributed by atoms with Crippen LogP contribution in [0.1, 0.15) is 42.4 Å². The van der Waals surface area contributed by atoms with Gasteiger partial charge in [-0.1, -0.05) is 55.0 Å². The number of ether oxygens (including phenoxy) is 2. The third kappa shape index (κ3) is 5.72. The van der Waals surface area contributed by atoms with Crippen LogP contribution >= 0.6 is 0 Å². The highest BCUT2D eigenvalue weighted by Crippen LogP contribution is 2.28. The van der Waals surface area contributed by atoms with E-state index in [-0.39, 0.29) is 18.5 Å². The van der Waals surface area contributed by atoms with Gasteiger partial charge < -0.3 is 14.6 Å². The van der Waals surface area contributed by atoms with E-state index in [1.54, 1.807) is 13.3 Å². The molecular weight excluding hydrogens is 430 g/mol. The first kappa shape index (κ1) is 23.7.